The summed E-state index contributed by atoms with van der Waals surface area (Å²) >= 11 is 0. The van der Waals surface area contributed by atoms with Crippen LogP contribution in [0.2, 0.25) is 0 Å². The van der Waals surface area contributed by atoms with Gasteiger partial charge in [0.15, 0.2) is 5.78 Å². The highest BCUT2D eigenvalue weighted by molar-refractivity contribution is 5.86. The van der Waals surface area contributed by atoms with Crippen LogP contribution < -0.4 is 5.73 Å². The van der Waals surface area contributed by atoms with Crippen LogP contribution in [0, 0.1) is 5.92 Å². The minimum atomic E-state index is -1.44. The topological polar surface area (TPSA) is 104 Å². The van der Waals surface area contributed by atoms with Crippen molar-refractivity contribution in [2.75, 3.05) is 0 Å². The molecule has 0 amide bonds. The molecule has 0 saturated heterocycles. The van der Waals surface area contributed by atoms with Crippen molar-refractivity contribution in [3.8, 4) is 0 Å². The Morgan fingerprint density at radius 1 is 0.422 bits per heavy atom. The first kappa shape index (κ1) is 44.5. The van der Waals surface area contributed by atoms with Crippen LogP contribution in [0.15, 0.2) is 0 Å². The van der Waals surface area contributed by atoms with E-state index in [9.17, 15) is 20.1 Å². The van der Waals surface area contributed by atoms with Gasteiger partial charge in [0.1, 0.15) is 12.3 Å². The number of Topliss-reactive ketones (excluding diaryl/α,β-unsaturated/α-hetero) is 1. The van der Waals surface area contributed by atoms with Gasteiger partial charge in [0.25, 0.3) is 0 Å². The first-order valence-electron chi connectivity index (χ1n) is 20.3. The van der Waals surface area contributed by atoms with Gasteiger partial charge in [0.05, 0.1) is 12.0 Å². The summed E-state index contributed by atoms with van der Waals surface area (Å²) in [4.78, 5) is 12.8. The normalized spacial score (nSPS) is 14.4. The van der Waals surface area contributed by atoms with E-state index >= 15 is 0 Å². The molecule has 0 aromatic rings. The minimum absolute atomic E-state index is 0.381. The maximum atomic E-state index is 12.8. The number of carbonyl (C=O) groups is 1. The Kier molecular flexibility index (Phi) is 34.5. The molecular formula is C40H81NO4. The Hall–Kier alpha value is -0.490. The van der Waals surface area contributed by atoms with E-state index in [0.29, 0.717) is 12.8 Å². The summed E-state index contributed by atoms with van der Waals surface area (Å²) in [7, 11) is 0. The third-order valence-electron chi connectivity index (χ3n) is 9.87. The van der Waals surface area contributed by atoms with Crippen molar-refractivity contribution >= 4 is 5.78 Å². The first-order chi connectivity index (χ1) is 22.0. The molecule has 0 fully saturated rings. The molecule has 0 aromatic carbocycles. The molecule has 0 rings (SSSR count). The van der Waals surface area contributed by atoms with Crippen molar-refractivity contribution in [1.82, 2.24) is 0 Å². The third-order valence-corrected chi connectivity index (χ3v) is 9.87. The van der Waals surface area contributed by atoms with Crippen molar-refractivity contribution in [1.29, 1.82) is 0 Å². The van der Waals surface area contributed by atoms with Crippen molar-refractivity contribution in [3.05, 3.63) is 0 Å². The summed E-state index contributed by atoms with van der Waals surface area (Å²) < 4.78 is 0. The fourth-order valence-corrected chi connectivity index (χ4v) is 6.74. The van der Waals surface area contributed by atoms with Gasteiger partial charge in [-0.15, -0.1) is 0 Å². The van der Waals surface area contributed by atoms with Crippen LogP contribution in [-0.4, -0.2) is 39.5 Å². The van der Waals surface area contributed by atoms with E-state index in [2.05, 4.69) is 13.8 Å². The summed E-state index contributed by atoms with van der Waals surface area (Å²) in [6.45, 7) is 4.54. The molecule has 4 unspecified atom stereocenters. The number of nitrogens with two attached hydrogens (primary N) is 1. The molecule has 0 aromatic heterocycles. The molecule has 5 heteroatoms. The van der Waals surface area contributed by atoms with Crippen molar-refractivity contribution in [2.45, 2.75) is 244 Å². The van der Waals surface area contributed by atoms with Crippen molar-refractivity contribution in [2.24, 2.45) is 11.7 Å². The van der Waals surface area contributed by atoms with Gasteiger partial charge in [-0.2, -0.15) is 0 Å². The number of unbranched alkanes of at least 4 members (excludes halogenated alkanes) is 29. The lowest BCUT2D eigenvalue weighted by atomic mass is 9.87. The number of ketones is 1. The van der Waals surface area contributed by atoms with Crippen molar-refractivity contribution in [3.63, 3.8) is 0 Å². The Bertz CT molecular complexity index is 599. The van der Waals surface area contributed by atoms with Gasteiger partial charge in [-0.25, -0.2) is 0 Å². The van der Waals surface area contributed by atoms with Gasteiger partial charge in [-0.1, -0.05) is 213 Å². The second-order valence-corrected chi connectivity index (χ2v) is 14.3. The molecule has 0 aliphatic carbocycles. The lowest BCUT2D eigenvalue weighted by Gasteiger charge is -2.26. The van der Waals surface area contributed by atoms with Crippen molar-refractivity contribution < 1.29 is 20.1 Å². The van der Waals surface area contributed by atoms with Crippen LogP contribution in [0.4, 0.5) is 0 Å². The van der Waals surface area contributed by atoms with Gasteiger partial charge in [0, 0.05) is 0 Å². The highest BCUT2D eigenvalue weighted by Crippen LogP contribution is 2.21. The summed E-state index contributed by atoms with van der Waals surface area (Å²) in [5.74, 6) is -1.60. The quantitative estimate of drug-likeness (QED) is 0.0400. The standard InChI is InChI=1S/C40H81NO4/c1-3-5-7-9-11-13-15-17-18-19-20-21-23-25-27-29-31-33-35-37(43)39(44)38(40(41)45)36(42)34-32-30-28-26-24-22-16-14-12-10-8-6-4-2/h36-38,40,42-43,45H,3-35,41H2,1-2H3. The zero-order valence-corrected chi connectivity index (χ0v) is 30.5. The number of aliphatic hydroxyl groups excluding tert-OH is 3. The Balaban J connectivity index is 3.74. The first-order valence-corrected chi connectivity index (χ1v) is 20.3. The third kappa shape index (κ3) is 29.4. The largest absolute Gasteiger partial charge is 0.392 e. The molecule has 5 nitrogen and oxygen atoms in total. The van der Waals surface area contributed by atoms with Crippen LogP contribution in [0.25, 0.3) is 0 Å². The number of rotatable bonds is 37. The lowest BCUT2D eigenvalue weighted by molar-refractivity contribution is -0.140. The highest BCUT2D eigenvalue weighted by atomic mass is 16.3. The highest BCUT2D eigenvalue weighted by Gasteiger charge is 2.34. The number of hydrogen-bond acceptors (Lipinski definition) is 5. The van der Waals surface area contributed by atoms with E-state index < -0.39 is 30.1 Å². The second-order valence-electron chi connectivity index (χ2n) is 14.3. The van der Waals surface area contributed by atoms with Gasteiger partial charge < -0.3 is 21.1 Å². The van der Waals surface area contributed by atoms with E-state index in [1.54, 1.807) is 0 Å². The second kappa shape index (κ2) is 34.8. The van der Waals surface area contributed by atoms with Gasteiger partial charge in [-0.3, -0.25) is 4.79 Å². The van der Waals surface area contributed by atoms with Crippen LogP contribution in [0.1, 0.15) is 226 Å². The summed E-state index contributed by atoms with van der Waals surface area (Å²) in [5, 5.41) is 31.1. The molecule has 45 heavy (non-hydrogen) atoms. The summed E-state index contributed by atoms with van der Waals surface area (Å²) in [5.41, 5.74) is 5.68. The average molecular weight is 640 g/mol. The Morgan fingerprint density at radius 2 is 0.667 bits per heavy atom. The minimum Gasteiger partial charge on any atom is -0.392 e. The van der Waals surface area contributed by atoms with E-state index in [0.717, 1.165) is 38.5 Å². The van der Waals surface area contributed by atoms with E-state index in [4.69, 9.17) is 5.73 Å². The fraction of sp³-hybridized carbons (Fsp3) is 0.975. The monoisotopic (exact) mass is 640 g/mol. The number of hydrogen-bond donors (Lipinski definition) is 4. The molecule has 0 saturated carbocycles. The molecule has 0 aliphatic rings. The molecular weight excluding hydrogens is 558 g/mol. The Morgan fingerprint density at radius 3 is 0.933 bits per heavy atom. The predicted molar refractivity (Wildman–Crippen MR) is 194 cm³/mol. The molecule has 0 bridgehead atoms. The van der Waals surface area contributed by atoms with E-state index in [1.165, 1.54) is 161 Å². The molecule has 270 valence electrons. The average Bonchev–Trinajstić information content (AvgIpc) is 3.02. The maximum absolute atomic E-state index is 12.8. The zero-order valence-electron chi connectivity index (χ0n) is 30.5. The molecule has 4 atom stereocenters. The molecule has 0 aliphatic heterocycles. The van der Waals surface area contributed by atoms with E-state index in [1.807, 2.05) is 0 Å². The zero-order chi connectivity index (χ0) is 33.2. The van der Waals surface area contributed by atoms with Gasteiger partial charge >= 0.3 is 0 Å². The maximum Gasteiger partial charge on any atom is 0.170 e. The predicted octanol–water partition coefficient (Wildman–Crippen LogP) is 11.1. The van der Waals surface area contributed by atoms with Crippen LogP contribution in [-0.2, 0) is 4.79 Å². The lowest BCUT2D eigenvalue weighted by Crippen LogP contribution is -2.47. The SMILES string of the molecule is CCCCCCCCCCCCCCCCCCCCC(O)C(=O)C(C(N)O)C(O)CCCCCCCCCCCCCCC. The Labute approximate surface area is 281 Å². The van der Waals surface area contributed by atoms with Crippen LogP contribution in [0.3, 0.4) is 0 Å². The number of carbonyl (C=O) groups excluding carboxylic acids is 1. The molecule has 5 N–H and O–H groups in total. The summed E-state index contributed by atoms with van der Waals surface area (Å²) in [6, 6.07) is 0. The van der Waals surface area contributed by atoms with Crippen LogP contribution in [0.5, 0.6) is 0 Å². The molecule has 0 spiro atoms. The van der Waals surface area contributed by atoms with Gasteiger partial charge in [-0.05, 0) is 12.8 Å². The fourth-order valence-electron chi connectivity index (χ4n) is 6.74. The molecule has 0 heterocycles. The summed E-state index contributed by atoms with van der Waals surface area (Å²) in [6.07, 6.45) is 36.9. The van der Waals surface area contributed by atoms with Gasteiger partial charge in [0.2, 0.25) is 0 Å². The smallest absolute Gasteiger partial charge is 0.170 e. The van der Waals surface area contributed by atoms with E-state index in [-0.39, 0.29) is 0 Å². The number of aliphatic hydroxyl groups is 3. The molecule has 0 radical (unpaired) electrons. The van der Waals surface area contributed by atoms with Crippen LogP contribution >= 0.6 is 0 Å².